The third kappa shape index (κ3) is 2.41. The van der Waals surface area contributed by atoms with Gasteiger partial charge in [0.25, 0.3) is 0 Å². The van der Waals surface area contributed by atoms with E-state index < -0.39 is 11.9 Å². The fraction of sp³-hybridized carbons (Fsp3) is 0.429. The average Bonchev–Trinajstić information content (AvgIpc) is 3.19. The first-order valence-corrected chi connectivity index (χ1v) is 6.39. The van der Waals surface area contributed by atoms with Crippen LogP contribution in [-0.4, -0.2) is 29.6 Å². The summed E-state index contributed by atoms with van der Waals surface area (Å²) in [6, 6.07) is 7.67. The normalized spacial score (nSPS) is 27.9. The van der Waals surface area contributed by atoms with Gasteiger partial charge in [0.15, 0.2) is 0 Å². The van der Waals surface area contributed by atoms with Crippen LogP contribution in [0.15, 0.2) is 24.3 Å². The zero-order valence-corrected chi connectivity index (χ0v) is 10.3. The Balaban J connectivity index is 1.58. The van der Waals surface area contributed by atoms with Gasteiger partial charge in [0.05, 0.1) is 17.9 Å². The molecule has 0 unspecified atom stereocenters. The Bertz CT molecular complexity index is 528. The van der Waals surface area contributed by atoms with E-state index in [0.29, 0.717) is 13.0 Å². The number of hydrogen-bond acceptors (Lipinski definition) is 3. The fourth-order valence-corrected chi connectivity index (χ4v) is 2.49. The molecule has 0 spiro atoms. The summed E-state index contributed by atoms with van der Waals surface area (Å²) in [5.74, 6) is -1.06. The Hall–Kier alpha value is -2.04. The molecule has 0 aromatic heterocycles. The van der Waals surface area contributed by atoms with Gasteiger partial charge in [0.2, 0.25) is 5.91 Å². The number of carboxylic acid groups (broad SMARTS) is 1. The molecule has 1 aliphatic heterocycles. The third-order valence-electron chi connectivity index (χ3n) is 3.67. The van der Waals surface area contributed by atoms with E-state index in [1.807, 2.05) is 24.3 Å². The van der Waals surface area contributed by atoms with Crippen LogP contribution in [0.1, 0.15) is 12.0 Å². The Morgan fingerprint density at radius 1 is 1.26 bits per heavy atom. The van der Waals surface area contributed by atoms with Crippen LogP contribution in [-0.2, 0) is 16.0 Å². The van der Waals surface area contributed by atoms with E-state index in [1.165, 1.54) is 0 Å². The molecular formula is C14H15NO4. The number of carbonyl (C=O) groups excluding carboxylic acids is 1. The molecule has 1 aromatic rings. The van der Waals surface area contributed by atoms with Gasteiger partial charge in [-0.05, 0) is 24.5 Å². The summed E-state index contributed by atoms with van der Waals surface area (Å²) in [7, 11) is 0. The van der Waals surface area contributed by atoms with Crippen molar-refractivity contribution in [1.82, 2.24) is 5.32 Å². The zero-order chi connectivity index (χ0) is 13.4. The molecule has 0 radical (unpaired) electrons. The predicted octanol–water partition coefficient (Wildman–Crippen LogP) is 0.827. The maximum atomic E-state index is 11.9. The first-order valence-electron chi connectivity index (χ1n) is 6.39. The van der Waals surface area contributed by atoms with Gasteiger partial charge < -0.3 is 15.2 Å². The van der Waals surface area contributed by atoms with Crippen molar-refractivity contribution >= 4 is 11.9 Å². The lowest BCUT2D eigenvalue weighted by Crippen LogP contribution is -2.43. The highest BCUT2D eigenvalue weighted by molar-refractivity contribution is 5.89. The molecule has 19 heavy (non-hydrogen) atoms. The van der Waals surface area contributed by atoms with Gasteiger partial charge >= 0.3 is 5.97 Å². The number of ether oxygens (including phenoxy) is 1. The van der Waals surface area contributed by atoms with Gasteiger partial charge in [-0.15, -0.1) is 0 Å². The number of fused-ring (bicyclic) bond motifs is 1. The van der Waals surface area contributed by atoms with Crippen molar-refractivity contribution in [3.05, 3.63) is 29.8 Å². The number of aliphatic carboxylic acids is 1. The number of hydrogen-bond donors (Lipinski definition) is 2. The highest BCUT2D eigenvalue weighted by atomic mass is 16.5. The Morgan fingerprint density at radius 3 is 2.79 bits per heavy atom. The number of para-hydroxylation sites is 1. The molecule has 1 heterocycles. The van der Waals surface area contributed by atoms with Gasteiger partial charge in [0, 0.05) is 0 Å². The van der Waals surface area contributed by atoms with E-state index in [2.05, 4.69) is 5.32 Å². The van der Waals surface area contributed by atoms with Crippen molar-refractivity contribution in [3.63, 3.8) is 0 Å². The SMILES string of the molecule is O=C(O)[C@@H]1C[C@H]1C(=O)N[C@H]1COc2ccccc2C1. The summed E-state index contributed by atoms with van der Waals surface area (Å²) in [6.07, 6.45) is 1.18. The largest absolute Gasteiger partial charge is 0.491 e. The van der Waals surface area contributed by atoms with E-state index >= 15 is 0 Å². The second-order valence-corrected chi connectivity index (χ2v) is 5.12. The van der Waals surface area contributed by atoms with Crippen LogP contribution in [0, 0.1) is 11.8 Å². The van der Waals surface area contributed by atoms with Crippen LogP contribution in [0.25, 0.3) is 0 Å². The van der Waals surface area contributed by atoms with Crippen LogP contribution >= 0.6 is 0 Å². The summed E-state index contributed by atoms with van der Waals surface area (Å²) < 4.78 is 5.58. The highest BCUT2D eigenvalue weighted by Gasteiger charge is 2.48. The minimum absolute atomic E-state index is 0.0718. The molecule has 2 aliphatic rings. The van der Waals surface area contributed by atoms with Gasteiger partial charge in [-0.3, -0.25) is 9.59 Å². The molecule has 3 rings (SSSR count). The van der Waals surface area contributed by atoms with Gasteiger partial charge in [-0.2, -0.15) is 0 Å². The molecule has 0 bridgehead atoms. The quantitative estimate of drug-likeness (QED) is 0.845. The van der Waals surface area contributed by atoms with Gasteiger partial charge in [0.1, 0.15) is 12.4 Å². The molecule has 5 nitrogen and oxygen atoms in total. The first-order chi connectivity index (χ1) is 9.15. The third-order valence-corrected chi connectivity index (χ3v) is 3.67. The van der Waals surface area contributed by atoms with Crippen molar-refractivity contribution in [1.29, 1.82) is 0 Å². The van der Waals surface area contributed by atoms with E-state index in [4.69, 9.17) is 9.84 Å². The smallest absolute Gasteiger partial charge is 0.307 e. The van der Waals surface area contributed by atoms with Gasteiger partial charge in [-0.25, -0.2) is 0 Å². The lowest BCUT2D eigenvalue weighted by Gasteiger charge is -2.26. The monoisotopic (exact) mass is 261 g/mol. The zero-order valence-electron chi connectivity index (χ0n) is 10.3. The number of amides is 1. The molecule has 1 aliphatic carbocycles. The van der Waals surface area contributed by atoms with E-state index in [9.17, 15) is 9.59 Å². The minimum atomic E-state index is -0.884. The Morgan fingerprint density at radius 2 is 2.05 bits per heavy atom. The molecule has 1 saturated carbocycles. The summed E-state index contributed by atoms with van der Waals surface area (Å²) in [5.41, 5.74) is 1.07. The lowest BCUT2D eigenvalue weighted by atomic mass is 10.0. The molecule has 2 N–H and O–H groups in total. The summed E-state index contributed by atoms with van der Waals surface area (Å²) in [5, 5.41) is 11.7. The Kier molecular flexibility index (Phi) is 2.89. The van der Waals surface area contributed by atoms with E-state index in [0.717, 1.165) is 17.7 Å². The number of nitrogens with one attached hydrogen (secondary N) is 1. The molecular weight excluding hydrogens is 246 g/mol. The van der Waals surface area contributed by atoms with Crippen molar-refractivity contribution in [2.45, 2.75) is 18.9 Å². The molecule has 1 aromatic carbocycles. The van der Waals surface area contributed by atoms with Crippen LogP contribution < -0.4 is 10.1 Å². The Labute approximate surface area is 110 Å². The van der Waals surface area contributed by atoms with Crippen LogP contribution in [0.2, 0.25) is 0 Å². The molecule has 3 atom stereocenters. The van der Waals surface area contributed by atoms with Gasteiger partial charge in [-0.1, -0.05) is 18.2 Å². The topological polar surface area (TPSA) is 75.6 Å². The number of carbonyl (C=O) groups is 2. The summed E-state index contributed by atoms with van der Waals surface area (Å²) in [4.78, 5) is 22.6. The fourth-order valence-electron chi connectivity index (χ4n) is 2.49. The highest BCUT2D eigenvalue weighted by Crippen LogP contribution is 2.39. The van der Waals surface area contributed by atoms with Crippen LogP contribution in [0.5, 0.6) is 5.75 Å². The summed E-state index contributed by atoms with van der Waals surface area (Å²) in [6.45, 7) is 0.438. The molecule has 100 valence electrons. The van der Waals surface area contributed by atoms with E-state index in [1.54, 1.807) is 0 Å². The van der Waals surface area contributed by atoms with E-state index in [-0.39, 0.29) is 17.9 Å². The standard InChI is InChI=1S/C14H15NO4/c16-13(10-6-11(10)14(17)18)15-9-5-8-3-1-2-4-12(8)19-7-9/h1-4,9-11H,5-7H2,(H,15,16)(H,17,18)/t9-,10-,11-/m1/s1. The molecule has 0 saturated heterocycles. The van der Waals surface area contributed by atoms with Crippen molar-refractivity contribution in [3.8, 4) is 5.75 Å². The maximum Gasteiger partial charge on any atom is 0.307 e. The second-order valence-electron chi connectivity index (χ2n) is 5.12. The lowest BCUT2D eigenvalue weighted by molar-refractivity contribution is -0.140. The summed E-state index contributed by atoms with van der Waals surface area (Å²) >= 11 is 0. The first kappa shape index (κ1) is 12.0. The molecule has 5 heteroatoms. The minimum Gasteiger partial charge on any atom is -0.491 e. The predicted molar refractivity (Wildman–Crippen MR) is 66.8 cm³/mol. The van der Waals surface area contributed by atoms with Crippen molar-refractivity contribution in [2.24, 2.45) is 11.8 Å². The molecule has 1 fully saturated rings. The van der Waals surface area contributed by atoms with Crippen molar-refractivity contribution in [2.75, 3.05) is 6.61 Å². The molecule has 1 amide bonds. The van der Waals surface area contributed by atoms with Crippen LogP contribution in [0.4, 0.5) is 0 Å². The van der Waals surface area contributed by atoms with Crippen molar-refractivity contribution < 1.29 is 19.4 Å². The van der Waals surface area contributed by atoms with Crippen LogP contribution in [0.3, 0.4) is 0 Å². The average molecular weight is 261 g/mol. The number of carboxylic acids is 1. The number of benzene rings is 1. The number of rotatable bonds is 3. The maximum absolute atomic E-state index is 11.9. The second kappa shape index (κ2) is 4.57.